The molecule has 1 heterocycles. The van der Waals surface area contributed by atoms with Crippen molar-refractivity contribution in [1.82, 2.24) is 4.90 Å². The molecule has 5 atom stereocenters. The van der Waals surface area contributed by atoms with Gasteiger partial charge in [-0.1, -0.05) is 122 Å². The monoisotopic (exact) mass is 523 g/mol. The lowest BCUT2D eigenvalue weighted by Gasteiger charge is -2.28. The highest BCUT2D eigenvalue weighted by molar-refractivity contribution is 8.23. The number of methoxy groups -OCH3 is 1. The smallest absolute Gasteiger partial charge is 0.234 e. The number of aliphatic hydroxyl groups excluding tert-OH is 1. The van der Waals surface area contributed by atoms with Crippen molar-refractivity contribution >= 4 is 34.2 Å². The average molecular weight is 524 g/mol. The van der Waals surface area contributed by atoms with E-state index in [-0.39, 0.29) is 24.0 Å². The molecule has 0 aliphatic carbocycles. The number of allylic oxidation sites excluding steroid dienone is 2. The molecule has 6 heteroatoms. The van der Waals surface area contributed by atoms with Crippen molar-refractivity contribution < 1.29 is 14.6 Å². The second-order valence-electron chi connectivity index (χ2n) is 9.50. The molecule has 0 spiro atoms. The van der Waals surface area contributed by atoms with Gasteiger partial charge in [-0.3, -0.25) is 9.69 Å². The van der Waals surface area contributed by atoms with E-state index in [9.17, 15) is 9.90 Å². The lowest BCUT2D eigenvalue weighted by molar-refractivity contribution is -0.134. The Morgan fingerprint density at radius 3 is 2.36 bits per heavy atom. The van der Waals surface area contributed by atoms with E-state index in [1.807, 2.05) is 49.4 Å². The van der Waals surface area contributed by atoms with E-state index >= 15 is 0 Å². The van der Waals surface area contributed by atoms with Crippen molar-refractivity contribution in [3.05, 3.63) is 95.6 Å². The van der Waals surface area contributed by atoms with Gasteiger partial charge in [0.2, 0.25) is 5.91 Å². The van der Waals surface area contributed by atoms with E-state index in [0.717, 1.165) is 24.2 Å². The standard InChI is InChI=1S/C30H37NO3S2/c1-21(17-22(2)28(34-4)19-25-13-9-6-10-14-25)15-16-27(32)23(3)29(33)31-26(20-36-30(31)35)18-24-11-7-5-8-12-24/h5-17,22-23,26-28,32H,18-20H2,1-4H3/b16-15+,21-17+/t22-,23-,26-,27+,28-/m0/s1. The van der Waals surface area contributed by atoms with Crippen molar-refractivity contribution in [2.24, 2.45) is 11.8 Å². The van der Waals surface area contributed by atoms with Crippen LogP contribution in [-0.4, -0.2) is 51.3 Å². The summed E-state index contributed by atoms with van der Waals surface area (Å²) in [6.07, 6.45) is 6.48. The summed E-state index contributed by atoms with van der Waals surface area (Å²) in [7, 11) is 1.74. The van der Waals surface area contributed by atoms with Crippen LogP contribution in [0.15, 0.2) is 84.5 Å². The Balaban J connectivity index is 1.60. The van der Waals surface area contributed by atoms with Gasteiger partial charge in [0.1, 0.15) is 4.32 Å². The molecule has 1 aliphatic heterocycles. The molecule has 1 aliphatic rings. The molecule has 36 heavy (non-hydrogen) atoms. The molecule has 1 saturated heterocycles. The van der Waals surface area contributed by atoms with Gasteiger partial charge in [-0.05, 0) is 30.9 Å². The molecule has 0 radical (unpaired) electrons. The van der Waals surface area contributed by atoms with Crippen molar-refractivity contribution in [2.45, 2.75) is 51.9 Å². The fourth-order valence-electron chi connectivity index (χ4n) is 4.46. The number of thioether (sulfide) groups is 1. The minimum absolute atomic E-state index is 0.00843. The van der Waals surface area contributed by atoms with Gasteiger partial charge in [-0.15, -0.1) is 0 Å². The van der Waals surface area contributed by atoms with Crippen LogP contribution in [-0.2, 0) is 22.4 Å². The molecule has 2 aromatic carbocycles. The van der Waals surface area contributed by atoms with E-state index < -0.39 is 12.0 Å². The molecule has 1 fully saturated rings. The van der Waals surface area contributed by atoms with Crippen LogP contribution >= 0.6 is 24.0 Å². The van der Waals surface area contributed by atoms with Crippen LogP contribution in [0.2, 0.25) is 0 Å². The highest BCUT2D eigenvalue weighted by Gasteiger charge is 2.37. The number of carbonyl (C=O) groups is 1. The molecule has 3 rings (SSSR count). The summed E-state index contributed by atoms with van der Waals surface area (Å²) < 4.78 is 6.34. The Kier molecular flexibility index (Phi) is 10.9. The summed E-state index contributed by atoms with van der Waals surface area (Å²) in [5.74, 6) is 0.252. The molecular weight excluding hydrogens is 486 g/mol. The Morgan fingerprint density at radius 2 is 1.75 bits per heavy atom. The number of hydrogen-bond donors (Lipinski definition) is 1. The van der Waals surface area contributed by atoms with Crippen LogP contribution < -0.4 is 0 Å². The molecule has 4 nitrogen and oxygen atoms in total. The first-order chi connectivity index (χ1) is 17.3. The first-order valence-corrected chi connectivity index (χ1v) is 13.8. The summed E-state index contributed by atoms with van der Waals surface area (Å²) in [6, 6.07) is 20.5. The van der Waals surface area contributed by atoms with Gasteiger partial charge < -0.3 is 9.84 Å². The van der Waals surface area contributed by atoms with Gasteiger partial charge in [0.05, 0.1) is 24.2 Å². The fourth-order valence-corrected chi connectivity index (χ4v) is 5.88. The average Bonchev–Trinajstić information content (AvgIpc) is 3.25. The molecule has 0 aromatic heterocycles. The van der Waals surface area contributed by atoms with Crippen LogP contribution in [0.1, 0.15) is 31.9 Å². The largest absolute Gasteiger partial charge is 0.388 e. The summed E-state index contributed by atoms with van der Waals surface area (Å²) in [4.78, 5) is 15.0. The molecule has 0 saturated carbocycles. The third-order valence-electron chi connectivity index (χ3n) is 6.67. The number of nitrogens with zero attached hydrogens (tertiary/aromatic N) is 1. The molecule has 1 N–H and O–H groups in total. The van der Waals surface area contributed by atoms with Crippen LogP contribution in [0.25, 0.3) is 0 Å². The number of rotatable bonds is 11. The van der Waals surface area contributed by atoms with Crippen LogP contribution in [0, 0.1) is 11.8 Å². The lowest BCUT2D eigenvalue weighted by atomic mass is 9.95. The Hall–Kier alpha value is -2.25. The molecule has 192 valence electrons. The van der Waals surface area contributed by atoms with Crippen molar-refractivity contribution in [3.63, 3.8) is 0 Å². The minimum Gasteiger partial charge on any atom is -0.388 e. The van der Waals surface area contributed by atoms with Gasteiger partial charge in [0, 0.05) is 18.8 Å². The topological polar surface area (TPSA) is 49.8 Å². The maximum atomic E-state index is 13.3. The van der Waals surface area contributed by atoms with Crippen molar-refractivity contribution in [3.8, 4) is 0 Å². The Bertz CT molecular complexity index is 1050. The highest BCUT2D eigenvalue weighted by atomic mass is 32.2. The molecule has 2 aromatic rings. The third-order valence-corrected chi connectivity index (χ3v) is 8.21. The zero-order valence-corrected chi connectivity index (χ0v) is 23.2. The zero-order valence-electron chi connectivity index (χ0n) is 21.5. The number of carbonyl (C=O) groups excluding carboxylic acids is 1. The van der Waals surface area contributed by atoms with Crippen LogP contribution in [0.3, 0.4) is 0 Å². The molecule has 0 unspecified atom stereocenters. The number of aliphatic hydroxyl groups is 1. The summed E-state index contributed by atoms with van der Waals surface area (Å²) in [5, 5.41) is 10.8. The van der Waals surface area contributed by atoms with Gasteiger partial charge in [0.15, 0.2) is 0 Å². The number of amides is 1. The number of ether oxygens (including phenoxy) is 1. The second kappa shape index (κ2) is 13.9. The third kappa shape index (κ3) is 7.87. The zero-order chi connectivity index (χ0) is 26.1. The van der Waals surface area contributed by atoms with Crippen LogP contribution in [0.4, 0.5) is 0 Å². The molecule has 0 bridgehead atoms. The number of hydrogen-bond acceptors (Lipinski definition) is 5. The minimum atomic E-state index is -0.899. The van der Waals surface area contributed by atoms with Crippen molar-refractivity contribution in [1.29, 1.82) is 0 Å². The predicted octanol–water partition coefficient (Wildman–Crippen LogP) is 5.85. The van der Waals surface area contributed by atoms with Crippen LogP contribution in [0.5, 0.6) is 0 Å². The van der Waals surface area contributed by atoms with Crippen molar-refractivity contribution in [2.75, 3.05) is 12.9 Å². The van der Waals surface area contributed by atoms with Gasteiger partial charge in [0.25, 0.3) is 0 Å². The van der Waals surface area contributed by atoms with E-state index in [0.29, 0.717) is 4.32 Å². The highest BCUT2D eigenvalue weighted by Crippen LogP contribution is 2.29. The maximum Gasteiger partial charge on any atom is 0.234 e. The normalized spacial score (nSPS) is 19.9. The Morgan fingerprint density at radius 1 is 1.14 bits per heavy atom. The van der Waals surface area contributed by atoms with E-state index in [1.165, 1.54) is 22.9 Å². The maximum absolute atomic E-state index is 13.3. The predicted molar refractivity (Wildman–Crippen MR) is 154 cm³/mol. The second-order valence-corrected chi connectivity index (χ2v) is 11.2. The van der Waals surface area contributed by atoms with E-state index in [2.05, 4.69) is 37.3 Å². The van der Waals surface area contributed by atoms with Gasteiger partial charge in [-0.25, -0.2) is 0 Å². The van der Waals surface area contributed by atoms with Gasteiger partial charge >= 0.3 is 0 Å². The summed E-state index contributed by atoms with van der Waals surface area (Å²) >= 11 is 7.04. The first kappa shape index (κ1) is 28.3. The van der Waals surface area contributed by atoms with E-state index in [1.54, 1.807) is 25.0 Å². The number of thiocarbonyl (C=S) groups is 1. The molecule has 1 amide bonds. The number of benzene rings is 2. The summed E-state index contributed by atoms with van der Waals surface area (Å²) in [6.45, 7) is 5.91. The Labute approximate surface area is 225 Å². The summed E-state index contributed by atoms with van der Waals surface area (Å²) in [5.41, 5.74) is 3.44. The molecular formula is C30H37NO3S2. The quantitative estimate of drug-likeness (QED) is 0.296. The first-order valence-electron chi connectivity index (χ1n) is 12.4. The SMILES string of the molecule is CO[C@@H](Cc1ccccc1)[C@@H](C)/C=C(C)/C=C/[C@@H](O)[C@H](C)C(=O)N1C(=S)SC[C@@H]1Cc1ccccc1. The van der Waals surface area contributed by atoms with E-state index in [4.69, 9.17) is 17.0 Å². The fraction of sp³-hybridized carbons (Fsp3) is 0.400. The lowest BCUT2D eigenvalue weighted by Crippen LogP contribution is -2.45. The van der Waals surface area contributed by atoms with Gasteiger partial charge in [-0.2, -0.15) is 0 Å².